The van der Waals surface area contributed by atoms with Crippen LogP contribution in [0.5, 0.6) is 11.5 Å². The third-order valence-electron chi connectivity index (χ3n) is 2.31. The van der Waals surface area contributed by atoms with Gasteiger partial charge in [0.15, 0.2) is 0 Å². The van der Waals surface area contributed by atoms with Crippen LogP contribution in [-0.4, -0.2) is 55.5 Å². The second-order valence-electron chi connectivity index (χ2n) is 3.48. The number of rotatable bonds is 7. The number of halogens is 1. The van der Waals surface area contributed by atoms with Crippen LogP contribution in [0.4, 0.5) is 0 Å². The molecule has 0 aliphatic carbocycles. The molecule has 1 aromatic rings. The van der Waals surface area contributed by atoms with Gasteiger partial charge in [-0.25, -0.2) is 0 Å². The van der Waals surface area contributed by atoms with E-state index in [2.05, 4.69) is 5.32 Å². The standard InChI is InChI=1S/C10H12NO3.C2H2ClO.Sn/c1-11-10(12)8-5-4-7(13-2)6-9(8)14-3;3-1-2-4;/h4-6H,1H2,2-3H3,(H,11,12);1H2;. The zero-order chi connectivity index (χ0) is 14.3. The molecule has 0 saturated carbocycles. The summed E-state index contributed by atoms with van der Waals surface area (Å²) in [6, 6.07) is 4.95. The number of benzene rings is 1. The minimum atomic E-state index is -1.29. The van der Waals surface area contributed by atoms with Gasteiger partial charge < -0.3 is 0 Å². The Morgan fingerprint density at radius 1 is 1.32 bits per heavy atom. The summed E-state index contributed by atoms with van der Waals surface area (Å²) in [4.78, 5) is 23.0. The zero-order valence-corrected chi connectivity index (χ0v) is 14.3. The number of alkyl halides is 1. The Morgan fingerprint density at radius 3 is 2.63 bits per heavy atom. The SMILES string of the molecule is COc1ccc(C(=O)N[CH2][Sn][C](=O)CCl)c(OC)c1. The van der Waals surface area contributed by atoms with Gasteiger partial charge in [-0.1, -0.05) is 0 Å². The molecule has 0 fully saturated rings. The Hall–Kier alpha value is -0.951. The molecule has 1 amide bonds. The molecule has 1 aromatic carbocycles. The van der Waals surface area contributed by atoms with Crippen molar-refractivity contribution in [2.24, 2.45) is 0 Å². The third kappa shape index (κ3) is 4.91. The molecule has 0 saturated heterocycles. The van der Waals surface area contributed by atoms with Gasteiger partial charge in [0.2, 0.25) is 0 Å². The van der Waals surface area contributed by atoms with Gasteiger partial charge in [-0.3, -0.25) is 0 Å². The number of hydrogen-bond donors (Lipinski definition) is 1. The molecular weight excluding hydrogens is 376 g/mol. The van der Waals surface area contributed by atoms with Gasteiger partial charge in [0.25, 0.3) is 0 Å². The molecule has 7 heteroatoms. The van der Waals surface area contributed by atoms with Gasteiger partial charge in [0.05, 0.1) is 0 Å². The summed E-state index contributed by atoms with van der Waals surface area (Å²) in [5, 5.41) is 2.71. The Kier molecular flexibility index (Phi) is 7.01. The molecule has 1 rings (SSSR count). The van der Waals surface area contributed by atoms with E-state index in [0.29, 0.717) is 21.6 Å². The third-order valence-corrected chi connectivity index (χ3v) is 5.83. The van der Waals surface area contributed by atoms with Crippen LogP contribution in [-0.2, 0) is 4.79 Å². The Balaban J connectivity index is 2.68. The molecule has 0 aliphatic heterocycles. The summed E-state index contributed by atoms with van der Waals surface area (Å²) in [5.74, 6) is 0.823. The van der Waals surface area contributed by atoms with Crippen molar-refractivity contribution < 1.29 is 19.1 Å². The molecule has 0 aromatic heterocycles. The monoisotopic (exact) mass is 391 g/mol. The summed E-state index contributed by atoms with van der Waals surface area (Å²) >= 11 is 4.13. The molecule has 1 N–H and O–H groups in total. The van der Waals surface area contributed by atoms with Crippen molar-refractivity contribution >= 4 is 42.4 Å². The van der Waals surface area contributed by atoms with E-state index in [0.717, 1.165) is 0 Å². The van der Waals surface area contributed by atoms with Crippen LogP contribution < -0.4 is 14.8 Å². The van der Waals surface area contributed by atoms with Crippen LogP contribution in [0.3, 0.4) is 0 Å². The minimum absolute atomic E-state index is 0.0356. The van der Waals surface area contributed by atoms with E-state index in [1.165, 1.54) is 7.11 Å². The van der Waals surface area contributed by atoms with Crippen LogP contribution >= 0.6 is 11.6 Å². The van der Waals surface area contributed by atoms with Crippen LogP contribution in [0.25, 0.3) is 0 Å². The van der Waals surface area contributed by atoms with E-state index in [-0.39, 0.29) is 15.6 Å². The van der Waals surface area contributed by atoms with Crippen molar-refractivity contribution in [3.05, 3.63) is 23.8 Å². The average molecular weight is 390 g/mol. The summed E-state index contributed by atoms with van der Waals surface area (Å²) in [7, 11) is 3.03. The van der Waals surface area contributed by atoms with Crippen LogP contribution in [0.1, 0.15) is 10.4 Å². The van der Waals surface area contributed by atoms with E-state index in [4.69, 9.17) is 21.1 Å². The molecule has 0 aliphatic rings. The first-order valence-electron chi connectivity index (χ1n) is 5.45. The second kappa shape index (κ2) is 8.27. The van der Waals surface area contributed by atoms with Crippen LogP contribution in [0, 0.1) is 0 Å². The average Bonchev–Trinajstić information content (AvgIpc) is 2.45. The molecule has 0 spiro atoms. The van der Waals surface area contributed by atoms with Gasteiger partial charge in [-0.2, -0.15) is 0 Å². The number of amides is 1. The molecular formula is C12H14ClNO4Sn. The van der Waals surface area contributed by atoms with Crippen molar-refractivity contribution in [2.75, 3.05) is 24.7 Å². The first kappa shape index (κ1) is 16.1. The maximum atomic E-state index is 11.9. The van der Waals surface area contributed by atoms with Crippen molar-refractivity contribution in [3.8, 4) is 11.5 Å². The molecule has 19 heavy (non-hydrogen) atoms. The number of carbonyl (C=O) groups excluding carboxylic acids is 2. The topological polar surface area (TPSA) is 64.6 Å². The predicted molar refractivity (Wildman–Crippen MR) is 73.4 cm³/mol. The Bertz CT molecular complexity index is 467. The quantitative estimate of drug-likeness (QED) is 0.554. The van der Waals surface area contributed by atoms with Crippen LogP contribution in [0.2, 0.25) is 0 Å². The van der Waals surface area contributed by atoms with Crippen molar-refractivity contribution in [2.45, 2.75) is 0 Å². The summed E-state index contributed by atoms with van der Waals surface area (Å²) in [6.07, 6.45) is 0. The van der Waals surface area contributed by atoms with E-state index in [9.17, 15) is 9.59 Å². The maximum absolute atomic E-state index is 11.9. The summed E-state index contributed by atoms with van der Waals surface area (Å²) in [6.45, 7) is 0. The van der Waals surface area contributed by atoms with Gasteiger partial charge in [0.1, 0.15) is 0 Å². The Morgan fingerprint density at radius 2 is 2.05 bits per heavy atom. The Labute approximate surface area is 126 Å². The molecule has 2 radical (unpaired) electrons. The van der Waals surface area contributed by atoms with E-state index in [1.807, 2.05) is 0 Å². The first-order chi connectivity index (χ1) is 9.12. The van der Waals surface area contributed by atoms with Crippen LogP contribution in [0.15, 0.2) is 18.2 Å². The number of nitrogens with one attached hydrogen (secondary N) is 1. The number of ether oxygens (including phenoxy) is 2. The normalized spacial score (nSPS) is 9.84. The number of hydrogen-bond acceptors (Lipinski definition) is 4. The van der Waals surface area contributed by atoms with E-state index in [1.54, 1.807) is 25.3 Å². The zero-order valence-electron chi connectivity index (χ0n) is 10.7. The fourth-order valence-electron chi connectivity index (χ4n) is 1.35. The second-order valence-corrected chi connectivity index (χ2v) is 7.36. The molecule has 0 bridgehead atoms. The van der Waals surface area contributed by atoms with Gasteiger partial charge >= 0.3 is 127 Å². The summed E-state index contributed by atoms with van der Waals surface area (Å²) < 4.78 is 10.7. The van der Waals surface area contributed by atoms with Crippen molar-refractivity contribution in [1.82, 2.24) is 5.32 Å². The molecule has 0 heterocycles. The first-order valence-corrected chi connectivity index (χ1v) is 9.43. The predicted octanol–water partition coefficient (Wildman–Crippen LogP) is 0.861. The van der Waals surface area contributed by atoms with Gasteiger partial charge in [-0.15, -0.1) is 0 Å². The van der Waals surface area contributed by atoms with Gasteiger partial charge in [-0.05, 0) is 0 Å². The fourth-order valence-corrected chi connectivity index (χ4v) is 3.53. The van der Waals surface area contributed by atoms with E-state index < -0.39 is 21.1 Å². The van der Waals surface area contributed by atoms with E-state index >= 15 is 0 Å². The molecule has 102 valence electrons. The van der Waals surface area contributed by atoms with Gasteiger partial charge in [0, 0.05) is 0 Å². The van der Waals surface area contributed by atoms with Crippen molar-refractivity contribution in [1.29, 1.82) is 0 Å². The number of methoxy groups -OCH3 is 2. The molecule has 0 unspecified atom stereocenters. The summed E-state index contributed by atoms with van der Waals surface area (Å²) in [5.41, 5.74) is 0.418. The van der Waals surface area contributed by atoms with Crippen molar-refractivity contribution in [3.63, 3.8) is 0 Å². The number of carbonyl (C=O) groups is 2. The molecule has 0 atom stereocenters. The fraction of sp³-hybridized carbons (Fsp3) is 0.333. The molecule has 5 nitrogen and oxygen atoms in total.